The van der Waals surface area contributed by atoms with Crippen LogP contribution in [0.1, 0.15) is 6.42 Å². The number of carboxylic acids is 1. The van der Waals surface area contributed by atoms with Crippen molar-refractivity contribution in [3.63, 3.8) is 0 Å². The fourth-order valence-corrected chi connectivity index (χ4v) is 4.36. The van der Waals surface area contributed by atoms with Crippen molar-refractivity contribution in [2.24, 2.45) is 0 Å². The Hall–Kier alpha value is -4.73. The molecule has 11 nitrogen and oxygen atoms in total. The summed E-state index contributed by atoms with van der Waals surface area (Å²) < 4.78 is 86.7. The Balaban J connectivity index is 1.73. The van der Waals surface area contributed by atoms with Gasteiger partial charge in [-0.3, -0.25) is 23.9 Å². The van der Waals surface area contributed by atoms with Gasteiger partial charge in [-0.15, -0.1) is 0 Å². The Morgan fingerprint density at radius 3 is 2.20 bits per heavy atom. The molecule has 0 aliphatic heterocycles. The number of hydrogen-bond acceptors (Lipinski definition) is 7. The highest BCUT2D eigenvalue weighted by atomic mass is 32.2. The number of aliphatic carboxylic acids is 1. The smallest absolute Gasteiger partial charge is 0.305 e. The third-order valence-corrected chi connectivity index (χ3v) is 6.55. The second-order valence-electron chi connectivity index (χ2n) is 8.04. The number of halogens is 4. The van der Waals surface area contributed by atoms with Gasteiger partial charge in [0.1, 0.15) is 24.9 Å². The summed E-state index contributed by atoms with van der Waals surface area (Å²) in [5.41, 5.74) is -1.38. The van der Waals surface area contributed by atoms with E-state index in [0.717, 1.165) is 16.8 Å². The van der Waals surface area contributed by atoms with Crippen LogP contribution in [0.3, 0.4) is 0 Å². The van der Waals surface area contributed by atoms with Crippen LogP contribution in [0.4, 0.5) is 23.2 Å². The molecule has 3 rings (SSSR count). The Morgan fingerprint density at radius 2 is 1.60 bits per heavy atom. The Bertz CT molecular complexity index is 1590. The zero-order chi connectivity index (χ0) is 29.6. The third kappa shape index (κ3) is 7.22. The standard InChI is InChI=1S/C24H19F4N3O8S/c25-14-9-15(26)22(28)23(21(14)27)39-12-18(32)17(10-20(34)35)29-19(33)11-31-8-4-7-16(24(31)36)30-40(37,38)13-5-2-1-3-6-13/h1-9,17,30H,10-12H2,(H,29,33)(H,34,35)/t17-/m0/s1. The third-order valence-electron chi connectivity index (χ3n) is 5.16. The maximum atomic E-state index is 13.8. The lowest BCUT2D eigenvalue weighted by atomic mass is 10.1. The number of nitrogens with one attached hydrogen (secondary N) is 2. The van der Waals surface area contributed by atoms with E-state index in [1.165, 1.54) is 30.3 Å². The number of nitrogens with zero attached hydrogens (tertiary/aromatic N) is 1. The first-order valence-electron chi connectivity index (χ1n) is 11.1. The molecule has 0 aliphatic rings. The molecule has 16 heteroatoms. The van der Waals surface area contributed by atoms with Crippen LogP contribution in [-0.2, 0) is 31.0 Å². The number of ether oxygens (including phenoxy) is 1. The van der Waals surface area contributed by atoms with Gasteiger partial charge in [0.2, 0.25) is 17.5 Å². The molecule has 0 unspecified atom stereocenters. The summed E-state index contributed by atoms with van der Waals surface area (Å²) in [4.78, 5) is 48.8. The van der Waals surface area contributed by atoms with Gasteiger partial charge in [0.05, 0.1) is 11.3 Å². The molecule has 0 aliphatic carbocycles. The molecule has 0 saturated carbocycles. The molecule has 3 aromatic rings. The van der Waals surface area contributed by atoms with Crippen molar-refractivity contribution >= 4 is 33.4 Å². The maximum absolute atomic E-state index is 13.8. The number of hydrogen-bond donors (Lipinski definition) is 3. The second kappa shape index (κ2) is 12.4. The number of rotatable bonds is 12. The highest BCUT2D eigenvalue weighted by Crippen LogP contribution is 2.26. The van der Waals surface area contributed by atoms with Gasteiger partial charge in [-0.25, -0.2) is 17.2 Å². The van der Waals surface area contributed by atoms with E-state index in [0.29, 0.717) is 0 Å². The minimum absolute atomic E-state index is 0.0870. The summed E-state index contributed by atoms with van der Waals surface area (Å²) in [5, 5.41) is 11.1. The van der Waals surface area contributed by atoms with E-state index in [4.69, 9.17) is 5.11 Å². The first kappa shape index (κ1) is 29.8. The van der Waals surface area contributed by atoms with Crippen molar-refractivity contribution in [3.8, 4) is 5.75 Å². The van der Waals surface area contributed by atoms with Crippen molar-refractivity contribution in [1.29, 1.82) is 0 Å². The Morgan fingerprint density at radius 1 is 0.975 bits per heavy atom. The van der Waals surface area contributed by atoms with Gasteiger partial charge in [-0.1, -0.05) is 18.2 Å². The summed E-state index contributed by atoms with van der Waals surface area (Å²) >= 11 is 0. The molecule has 0 bridgehead atoms. The second-order valence-corrected chi connectivity index (χ2v) is 9.73. The van der Waals surface area contributed by atoms with Crippen LogP contribution in [0.5, 0.6) is 5.75 Å². The topological polar surface area (TPSA) is 161 Å². The lowest BCUT2D eigenvalue weighted by Gasteiger charge is -2.17. The summed E-state index contributed by atoms with van der Waals surface area (Å²) in [5.74, 6) is -13.0. The highest BCUT2D eigenvalue weighted by molar-refractivity contribution is 7.92. The van der Waals surface area contributed by atoms with Crippen molar-refractivity contribution in [3.05, 3.63) is 88.4 Å². The number of Topliss-reactive ketones (excluding diaryl/α,β-unsaturated/α-hetero) is 1. The van der Waals surface area contributed by atoms with E-state index in [1.807, 2.05) is 5.32 Å². The molecule has 0 radical (unpaired) electrons. The molecule has 1 aromatic heterocycles. The normalized spacial score (nSPS) is 11.9. The summed E-state index contributed by atoms with van der Waals surface area (Å²) in [6.45, 7) is -2.09. The van der Waals surface area contributed by atoms with Crippen LogP contribution in [0.15, 0.2) is 64.4 Å². The van der Waals surface area contributed by atoms with E-state index in [1.54, 1.807) is 6.07 Å². The van der Waals surface area contributed by atoms with Crippen LogP contribution >= 0.6 is 0 Å². The van der Waals surface area contributed by atoms with Crippen molar-refractivity contribution < 1.29 is 50.2 Å². The molecule has 40 heavy (non-hydrogen) atoms. The lowest BCUT2D eigenvalue weighted by molar-refractivity contribution is -0.140. The monoisotopic (exact) mass is 585 g/mol. The molecule has 1 amide bonds. The predicted molar refractivity (Wildman–Crippen MR) is 129 cm³/mol. The number of pyridine rings is 1. The molecule has 0 fully saturated rings. The quantitative estimate of drug-likeness (QED) is 0.214. The van der Waals surface area contributed by atoms with Gasteiger partial charge >= 0.3 is 5.97 Å². The first-order chi connectivity index (χ1) is 18.8. The van der Waals surface area contributed by atoms with Crippen molar-refractivity contribution in [1.82, 2.24) is 9.88 Å². The largest absolute Gasteiger partial charge is 0.481 e. The molecule has 1 heterocycles. The van der Waals surface area contributed by atoms with Crippen LogP contribution in [-0.4, -0.2) is 48.4 Å². The summed E-state index contributed by atoms with van der Waals surface area (Å²) in [6.07, 6.45) is 0.0889. The average molecular weight is 585 g/mol. The Kier molecular flexibility index (Phi) is 9.26. The van der Waals surface area contributed by atoms with Gasteiger partial charge in [0, 0.05) is 12.3 Å². The number of ketones is 1. The fraction of sp³-hybridized carbons (Fsp3) is 0.167. The van der Waals surface area contributed by atoms with Crippen LogP contribution in [0.2, 0.25) is 0 Å². The van der Waals surface area contributed by atoms with Gasteiger partial charge in [-0.2, -0.15) is 8.78 Å². The number of anilines is 1. The highest BCUT2D eigenvalue weighted by Gasteiger charge is 2.27. The van der Waals surface area contributed by atoms with Crippen molar-refractivity contribution in [2.45, 2.75) is 23.9 Å². The zero-order valence-electron chi connectivity index (χ0n) is 20.1. The Labute approximate surface area is 223 Å². The van der Waals surface area contributed by atoms with Crippen LogP contribution < -0.4 is 20.3 Å². The van der Waals surface area contributed by atoms with Crippen LogP contribution in [0, 0.1) is 23.3 Å². The molecule has 212 valence electrons. The molecular weight excluding hydrogens is 566 g/mol. The number of carbonyl (C=O) groups is 3. The lowest BCUT2D eigenvalue weighted by Crippen LogP contribution is -2.46. The van der Waals surface area contributed by atoms with Gasteiger partial charge < -0.3 is 19.7 Å². The molecule has 0 saturated heterocycles. The molecule has 2 aromatic carbocycles. The number of carboxylic acid groups (broad SMARTS) is 1. The van der Waals surface area contributed by atoms with E-state index >= 15 is 0 Å². The summed E-state index contributed by atoms with van der Waals surface area (Å²) in [7, 11) is -4.15. The molecule has 0 spiro atoms. The van der Waals surface area contributed by atoms with Gasteiger partial charge in [0.25, 0.3) is 15.6 Å². The number of carbonyl (C=O) groups excluding carboxylic acids is 2. The van der Waals surface area contributed by atoms with E-state index in [9.17, 15) is 45.2 Å². The minimum atomic E-state index is -4.15. The van der Waals surface area contributed by atoms with Crippen molar-refractivity contribution in [2.75, 3.05) is 11.3 Å². The number of benzene rings is 2. The average Bonchev–Trinajstić information content (AvgIpc) is 2.89. The van der Waals surface area contributed by atoms with E-state index in [2.05, 4.69) is 9.46 Å². The first-order valence-corrected chi connectivity index (χ1v) is 12.6. The predicted octanol–water partition coefficient (Wildman–Crippen LogP) is 1.81. The fourth-order valence-electron chi connectivity index (χ4n) is 3.28. The molecule has 3 N–H and O–H groups in total. The number of sulfonamides is 1. The summed E-state index contributed by atoms with van der Waals surface area (Å²) in [6, 6.07) is 7.53. The van der Waals surface area contributed by atoms with E-state index in [-0.39, 0.29) is 11.0 Å². The molecular formula is C24H19F4N3O8S. The van der Waals surface area contributed by atoms with Gasteiger partial charge in [-0.05, 0) is 24.3 Å². The SMILES string of the molecule is O=C(O)C[C@H](NC(=O)Cn1cccc(NS(=O)(=O)c2ccccc2)c1=O)C(=O)COc1c(F)c(F)cc(F)c1F. The molecule has 1 atom stereocenters. The zero-order valence-corrected chi connectivity index (χ0v) is 20.9. The van der Waals surface area contributed by atoms with Gasteiger partial charge in [0.15, 0.2) is 23.2 Å². The minimum Gasteiger partial charge on any atom is -0.481 e. The van der Waals surface area contributed by atoms with E-state index < -0.39 is 93.6 Å². The number of aromatic nitrogens is 1. The number of amides is 1. The maximum Gasteiger partial charge on any atom is 0.305 e. The van der Waals surface area contributed by atoms with Crippen LogP contribution in [0.25, 0.3) is 0 Å².